The van der Waals surface area contributed by atoms with Crippen molar-refractivity contribution >= 4 is 0 Å². The molecular formula is C16H32N2O. The molecule has 0 aromatic heterocycles. The minimum absolute atomic E-state index is 0.332. The van der Waals surface area contributed by atoms with Crippen molar-refractivity contribution in [1.29, 1.82) is 0 Å². The lowest BCUT2D eigenvalue weighted by molar-refractivity contribution is -0.0491. The fourth-order valence-corrected chi connectivity index (χ4v) is 3.80. The Morgan fingerprint density at radius 3 is 2.58 bits per heavy atom. The third-order valence-electron chi connectivity index (χ3n) is 5.27. The summed E-state index contributed by atoms with van der Waals surface area (Å²) in [5.41, 5.74) is -0.446. The summed E-state index contributed by atoms with van der Waals surface area (Å²) in [5, 5.41) is 18.1. The zero-order chi connectivity index (χ0) is 13.7. The van der Waals surface area contributed by atoms with Gasteiger partial charge in [0.25, 0.3) is 0 Å². The number of hydrogen-bond donors (Lipinski definition) is 3. The van der Waals surface area contributed by atoms with Gasteiger partial charge in [0.1, 0.15) is 0 Å². The average molecular weight is 268 g/mol. The van der Waals surface area contributed by atoms with E-state index >= 15 is 0 Å². The molecule has 2 rings (SSSR count). The Morgan fingerprint density at radius 1 is 1.21 bits per heavy atom. The normalized spacial score (nSPS) is 40.3. The van der Waals surface area contributed by atoms with Crippen molar-refractivity contribution in [2.24, 2.45) is 5.92 Å². The molecule has 0 amide bonds. The van der Waals surface area contributed by atoms with Crippen molar-refractivity contribution in [2.75, 3.05) is 13.1 Å². The summed E-state index contributed by atoms with van der Waals surface area (Å²) in [4.78, 5) is 0. The Morgan fingerprint density at radius 2 is 1.95 bits per heavy atom. The second kappa shape index (κ2) is 7.05. The van der Waals surface area contributed by atoms with E-state index in [2.05, 4.69) is 24.5 Å². The summed E-state index contributed by atoms with van der Waals surface area (Å²) in [6, 6.07) is 0.962. The molecule has 3 heteroatoms. The SMILES string of the molecule is CCCNC1CCC(O)(C2CC(CC)CCN2)CC1. The van der Waals surface area contributed by atoms with Crippen LogP contribution in [0.4, 0.5) is 0 Å². The topological polar surface area (TPSA) is 44.3 Å². The summed E-state index contributed by atoms with van der Waals surface area (Å²) < 4.78 is 0. The predicted molar refractivity (Wildman–Crippen MR) is 80.3 cm³/mol. The molecule has 2 atom stereocenters. The Labute approximate surface area is 118 Å². The van der Waals surface area contributed by atoms with Gasteiger partial charge in [-0.25, -0.2) is 0 Å². The molecule has 112 valence electrons. The molecule has 19 heavy (non-hydrogen) atoms. The van der Waals surface area contributed by atoms with E-state index in [-0.39, 0.29) is 0 Å². The minimum Gasteiger partial charge on any atom is -0.388 e. The number of aliphatic hydroxyl groups is 1. The van der Waals surface area contributed by atoms with Crippen molar-refractivity contribution in [2.45, 2.75) is 82.9 Å². The maximum Gasteiger partial charge on any atom is 0.0801 e. The van der Waals surface area contributed by atoms with E-state index in [1.54, 1.807) is 0 Å². The quantitative estimate of drug-likeness (QED) is 0.717. The molecule has 0 aromatic rings. The van der Waals surface area contributed by atoms with Crippen LogP contribution in [0, 0.1) is 5.92 Å². The molecule has 0 radical (unpaired) electrons. The summed E-state index contributed by atoms with van der Waals surface area (Å²) in [7, 11) is 0. The molecule has 1 saturated heterocycles. The minimum atomic E-state index is -0.446. The molecule has 0 aromatic carbocycles. The van der Waals surface area contributed by atoms with Crippen LogP contribution < -0.4 is 10.6 Å². The highest BCUT2D eigenvalue weighted by Gasteiger charge is 2.41. The first-order chi connectivity index (χ1) is 9.18. The van der Waals surface area contributed by atoms with Gasteiger partial charge in [0.2, 0.25) is 0 Å². The van der Waals surface area contributed by atoms with Crippen LogP contribution in [0.25, 0.3) is 0 Å². The molecule has 3 nitrogen and oxygen atoms in total. The van der Waals surface area contributed by atoms with Gasteiger partial charge < -0.3 is 15.7 Å². The van der Waals surface area contributed by atoms with Crippen molar-refractivity contribution in [1.82, 2.24) is 10.6 Å². The molecule has 0 bridgehead atoms. The number of piperidine rings is 1. The number of nitrogens with one attached hydrogen (secondary N) is 2. The number of rotatable bonds is 5. The van der Waals surface area contributed by atoms with Crippen LogP contribution in [0.3, 0.4) is 0 Å². The first-order valence-electron chi connectivity index (χ1n) is 8.37. The van der Waals surface area contributed by atoms with Gasteiger partial charge in [-0.2, -0.15) is 0 Å². The van der Waals surface area contributed by atoms with Crippen molar-refractivity contribution < 1.29 is 5.11 Å². The van der Waals surface area contributed by atoms with Crippen molar-refractivity contribution in [3.05, 3.63) is 0 Å². The highest BCUT2D eigenvalue weighted by Crippen LogP contribution is 2.36. The molecule has 1 aliphatic carbocycles. The van der Waals surface area contributed by atoms with Gasteiger partial charge in [-0.05, 0) is 64.0 Å². The zero-order valence-electron chi connectivity index (χ0n) is 12.8. The van der Waals surface area contributed by atoms with E-state index in [4.69, 9.17) is 0 Å². The largest absolute Gasteiger partial charge is 0.388 e. The lowest BCUT2D eigenvalue weighted by Gasteiger charge is -2.45. The third-order valence-corrected chi connectivity index (χ3v) is 5.27. The summed E-state index contributed by atoms with van der Waals surface area (Å²) in [5.74, 6) is 0.811. The standard InChI is InChI=1S/C16H32N2O/c1-3-10-17-14-5-8-16(19,9-6-14)15-12-13(4-2)7-11-18-15/h13-15,17-19H,3-12H2,1-2H3. The van der Waals surface area contributed by atoms with E-state index in [1.807, 2.05) is 0 Å². The molecule has 1 aliphatic heterocycles. The smallest absolute Gasteiger partial charge is 0.0801 e. The zero-order valence-corrected chi connectivity index (χ0v) is 12.8. The number of hydrogen-bond acceptors (Lipinski definition) is 3. The van der Waals surface area contributed by atoms with Crippen LogP contribution in [0.5, 0.6) is 0 Å². The van der Waals surface area contributed by atoms with E-state index < -0.39 is 5.60 Å². The average Bonchev–Trinajstić information content (AvgIpc) is 2.47. The molecule has 0 spiro atoms. The third kappa shape index (κ3) is 3.93. The van der Waals surface area contributed by atoms with Gasteiger partial charge in [0.15, 0.2) is 0 Å². The Kier molecular flexibility index (Phi) is 5.67. The van der Waals surface area contributed by atoms with Crippen LogP contribution in [0.15, 0.2) is 0 Å². The Bertz CT molecular complexity index is 261. The predicted octanol–water partition coefficient (Wildman–Crippen LogP) is 2.44. The fraction of sp³-hybridized carbons (Fsp3) is 1.00. The Hall–Kier alpha value is -0.120. The van der Waals surface area contributed by atoms with Gasteiger partial charge in [-0.3, -0.25) is 0 Å². The second-order valence-electron chi connectivity index (χ2n) is 6.64. The van der Waals surface area contributed by atoms with Gasteiger partial charge in [0, 0.05) is 12.1 Å². The molecule has 3 N–H and O–H groups in total. The van der Waals surface area contributed by atoms with Crippen LogP contribution in [0.2, 0.25) is 0 Å². The van der Waals surface area contributed by atoms with Crippen LogP contribution in [-0.2, 0) is 0 Å². The maximum absolute atomic E-state index is 11.0. The van der Waals surface area contributed by atoms with Crippen molar-refractivity contribution in [3.8, 4) is 0 Å². The molecule has 2 fully saturated rings. The van der Waals surface area contributed by atoms with E-state index in [9.17, 15) is 5.11 Å². The summed E-state index contributed by atoms with van der Waals surface area (Å²) in [6.07, 6.45) is 9.09. The van der Waals surface area contributed by atoms with Crippen molar-refractivity contribution in [3.63, 3.8) is 0 Å². The highest BCUT2D eigenvalue weighted by atomic mass is 16.3. The summed E-state index contributed by atoms with van der Waals surface area (Å²) in [6.45, 7) is 6.69. The second-order valence-corrected chi connectivity index (χ2v) is 6.64. The maximum atomic E-state index is 11.0. The molecule has 1 saturated carbocycles. The lowest BCUT2D eigenvalue weighted by atomic mass is 9.73. The van der Waals surface area contributed by atoms with Crippen LogP contribution in [0.1, 0.15) is 65.2 Å². The Balaban J connectivity index is 1.83. The van der Waals surface area contributed by atoms with Crippen LogP contribution in [-0.4, -0.2) is 35.9 Å². The van der Waals surface area contributed by atoms with Gasteiger partial charge in [-0.1, -0.05) is 20.3 Å². The molecular weight excluding hydrogens is 236 g/mol. The fourth-order valence-electron chi connectivity index (χ4n) is 3.80. The van der Waals surface area contributed by atoms with Gasteiger partial charge >= 0.3 is 0 Å². The molecule has 2 aliphatic rings. The molecule has 1 heterocycles. The first kappa shape index (κ1) is 15.3. The van der Waals surface area contributed by atoms with Gasteiger partial charge in [0.05, 0.1) is 5.60 Å². The van der Waals surface area contributed by atoms with Crippen LogP contribution >= 0.6 is 0 Å². The molecule has 2 unspecified atom stereocenters. The van der Waals surface area contributed by atoms with E-state index in [1.165, 1.54) is 25.7 Å². The first-order valence-corrected chi connectivity index (χ1v) is 8.37. The van der Waals surface area contributed by atoms with E-state index in [0.717, 1.165) is 44.7 Å². The highest BCUT2D eigenvalue weighted by molar-refractivity contribution is 4.99. The summed E-state index contributed by atoms with van der Waals surface area (Å²) >= 11 is 0. The van der Waals surface area contributed by atoms with E-state index in [0.29, 0.717) is 12.1 Å². The lowest BCUT2D eigenvalue weighted by Crippen LogP contribution is -2.57. The van der Waals surface area contributed by atoms with Gasteiger partial charge in [-0.15, -0.1) is 0 Å². The monoisotopic (exact) mass is 268 g/mol.